The van der Waals surface area contributed by atoms with Gasteiger partial charge in [0.05, 0.1) is 6.61 Å². The van der Waals surface area contributed by atoms with Crippen LogP contribution >= 0.6 is 0 Å². The molecule has 1 atom stereocenters. The van der Waals surface area contributed by atoms with E-state index in [-0.39, 0.29) is 6.10 Å². The van der Waals surface area contributed by atoms with Gasteiger partial charge in [-0.1, -0.05) is 66.7 Å². The molecule has 1 fully saturated rings. The van der Waals surface area contributed by atoms with Crippen molar-refractivity contribution in [2.45, 2.75) is 6.10 Å². The van der Waals surface area contributed by atoms with Crippen LogP contribution in [0.1, 0.15) is 11.7 Å². The summed E-state index contributed by atoms with van der Waals surface area (Å²) in [4.78, 5) is 0. The number of fused-ring (bicyclic) bond motifs is 2. The molecule has 23 heavy (non-hydrogen) atoms. The van der Waals surface area contributed by atoms with Crippen LogP contribution in [0.3, 0.4) is 0 Å². The fourth-order valence-electron chi connectivity index (χ4n) is 4.19. The van der Waals surface area contributed by atoms with E-state index in [1.807, 2.05) is 0 Å². The molecule has 0 aromatic heterocycles. The maximum atomic E-state index is 5.69. The van der Waals surface area contributed by atoms with Gasteiger partial charge < -0.3 is 4.74 Å². The number of benzene rings is 5. The fraction of sp³-hybridized carbons (Fsp3) is 0.0909. The van der Waals surface area contributed by atoms with Crippen molar-refractivity contribution in [1.29, 1.82) is 0 Å². The molecule has 1 nitrogen and oxygen atoms in total. The Kier molecular flexibility index (Phi) is 2.07. The monoisotopic (exact) mass is 294 g/mol. The van der Waals surface area contributed by atoms with E-state index in [1.54, 1.807) is 0 Å². The van der Waals surface area contributed by atoms with Crippen LogP contribution in [-0.2, 0) is 4.74 Å². The third-order valence-electron chi connectivity index (χ3n) is 5.23. The number of ether oxygens (including phenoxy) is 1. The molecule has 1 heteroatoms. The summed E-state index contributed by atoms with van der Waals surface area (Å²) in [6.07, 6.45) is 0.254. The molecule has 5 aromatic carbocycles. The molecule has 108 valence electrons. The molecule has 0 N–H and O–H groups in total. The molecular formula is C22H14O. The van der Waals surface area contributed by atoms with E-state index in [1.165, 1.54) is 48.7 Å². The Morgan fingerprint density at radius 3 is 2.04 bits per heavy atom. The van der Waals surface area contributed by atoms with Crippen LogP contribution in [-0.4, -0.2) is 6.61 Å². The largest absolute Gasteiger partial charge is 0.368 e. The fourth-order valence-corrected chi connectivity index (χ4v) is 4.19. The third-order valence-corrected chi connectivity index (χ3v) is 5.23. The van der Waals surface area contributed by atoms with E-state index in [2.05, 4.69) is 66.7 Å². The highest BCUT2D eigenvalue weighted by atomic mass is 16.6. The van der Waals surface area contributed by atoms with Crippen molar-refractivity contribution in [3.63, 3.8) is 0 Å². The number of hydrogen-bond acceptors (Lipinski definition) is 1. The lowest BCUT2D eigenvalue weighted by Crippen LogP contribution is -1.92. The number of rotatable bonds is 1. The molecule has 0 radical (unpaired) electrons. The van der Waals surface area contributed by atoms with Crippen LogP contribution < -0.4 is 0 Å². The van der Waals surface area contributed by atoms with Crippen molar-refractivity contribution in [2.75, 3.05) is 6.61 Å². The van der Waals surface area contributed by atoms with E-state index in [0.717, 1.165) is 6.61 Å². The van der Waals surface area contributed by atoms with Crippen LogP contribution in [0.25, 0.3) is 43.1 Å². The van der Waals surface area contributed by atoms with Gasteiger partial charge in [0.1, 0.15) is 6.10 Å². The second-order valence-electron chi connectivity index (χ2n) is 6.46. The molecule has 1 unspecified atom stereocenters. The Labute approximate surface area is 133 Å². The van der Waals surface area contributed by atoms with Gasteiger partial charge in [-0.2, -0.15) is 0 Å². The Balaban J connectivity index is 2.02. The molecule has 1 heterocycles. The van der Waals surface area contributed by atoms with E-state index in [0.29, 0.717) is 0 Å². The van der Waals surface area contributed by atoms with Crippen molar-refractivity contribution < 1.29 is 4.74 Å². The predicted octanol–water partition coefficient (Wildman–Crippen LogP) is 5.81. The second kappa shape index (κ2) is 4.01. The summed E-state index contributed by atoms with van der Waals surface area (Å²) in [5.41, 5.74) is 1.37. The molecule has 0 spiro atoms. The lowest BCUT2D eigenvalue weighted by molar-refractivity contribution is 0.418. The highest BCUT2D eigenvalue weighted by Gasteiger charge is 2.29. The van der Waals surface area contributed by atoms with Gasteiger partial charge in [0.25, 0.3) is 0 Å². The zero-order valence-electron chi connectivity index (χ0n) is 12.5. The molecule has 0 saturated carbocycles. The number of hydrogen-bond donors (Lipinski definition) is 0. The SMILES string of the molecule is c1cc2ccc3c(C4CO4)c4ccccc4c4ccc(c1)c2c34. The summed E-state index contributed by atoms with van der Waals surface area (Å²) in [6.45, 7) is 0.841. The summed E-state index contributed by atoms with van der Waals surface area (Å²) in [7, 11) is 0. The summed E-state index contributed by atoms with van der Waals surface area (Å²) in [6, 6.07) is 24.4. The lowest BCUT2D eigenvalue weighted by atomic mass is 9.87. The highest BCUT2D eigenvalue weighted by molar-refractivity contribution is 6.30. The van der Waals surface area contributed by atoms with Crippen molar-refractivity contribution in [2.24, 2.45) is 0 Å². The summed E-state index contributed by atoms with van der Waals surface area (Å²) >= 11 is 0. The molecule has 0 bridgehead atoms. The second-order valence-corrected chi connectivity index (χ2v) is 6.46. The van der Waals surface area contributed by atoms with Crippen LogP contribution in [0, 0.1) is 0 Å². The molecule has 6 rings (SSSR count). The van der Waals surface area contributed by atoms with Crippen molar-refractivity contribution in [1.82, 2.24) is 0 Å². The Hall–Kier alpha value is -2.64. The Morgan fingerprint density at radius 2 is 1.30 bits per heavy atom. The quantitative estimate of drug-likeness (QED) is 0.216. The molecular weight excluding hydrogens is 280 g/mol. The van der Waals surface area contributed by atoms with E-state index in [9.17, 15) is 0 Å². The van der Waals surface area contributed by atoms with E-state index in [4.69, 9.17) is 4.74 Å². The number of epoxide rings is 1. The van der Waals surface area contributed by atoms with Crippen LogP contribution in [0.15, 0.2) is 66.7 Å². The average molecular weight is 294 g/mol. The van der Waals surface area contributed by atoms with Crippen LogP contribution in [0.2, 0.25) is 0 Å². The highest BCUT2D eigenvalue weighted by Crippen LogP contribution is 2.46. The van der Waals surface area contributed by atoms with Crippen molar-refractivity contribution >= 4 is 43.1 Å². The Bertz CT molecular complexity index is 1200. The summed E-state index contributed by atoms with van der Waals surface area (Å²) < 4.78 is 5.69. The van der Waals surface area contributed by atoms with Crippen molar-refractivity contribution in [3.8, 4) is 0 Å². The molecule has 0 aliphatic carbocycles. The standard InChI is InChI=1S/C22H14O/c1-2-7-16-15(6-1)17-10-8-13-4-3-5-14-9-11-18(22(17)20(13)14)21(16)19-12-23-19/h1-11,19H,12H2. The summed E-state index contributed by atoms with van der Waals surface area (Å²) in [5, 5.41) is 10.8. The van der Waals surface area contributed by atoms with Gasteiger partial charge in [-0.3, -0.25) is 0 Å². The lowest BCUT2D eigenvalue weighted by Gasteiger charge is -2.16. The van der Waals surface area contributed by atoms with Gasteiger partial charge in [0.2, 0.25) is 0 Å². The van der Waals surface area contributed by atoms with Gasteiger partial charge >= 0.3 is 0 Å². The topological polar surface area (TPSA) is 12.5 Å². The van der Waals surface area contributed by atoms with Gasteiger partial charge in [-0.25, -0.2) is 0 Å². The van der Waals surface area contributed by atoms with E-state index < -0.39 is 0 Å². The van der Waals surface area contributed by atoms with E-state index >= 15 is 0 Å². The smallest absolute Gasteiger partial charge is 0.107 e. The molecule has 1 aliphatic heterocycles. The molecule has 5 aromatic rings. The minimum absolute atomic E-state index is 0.254. The van der Waals surface area contributed by atoms with Gasteiger partial charge in [-0.15, -0.1) is 0 Å². The predicted molar refractivity (Wildman–Crippen MR) is 96.3 cm³/mol. The normalized spacial score (nSPS) is 17.7. The first-order chi connectivity index (χ1) is 11.4. The zero-order chi connectivity index (χ0) is 15.0. The first-order valence-electron chi connectivity index (χ1n) is 8.11. The zero-order valence-corrected chi connectivity index (χ0v) is 12.5. The maximum Gasteiger partial charge on any atom is 0.107 e. The maximum absolute atomic E-state index is 5.69. The molecule has 0 amide bonds. The minimum atomic E-state index is 0.254. The van der Waals surface area contributed by atoms with Crippen LogP contribution in [0.4, 0.5) is 0 Å². The first-order valence-corrected chi connectivity index (χ1v) is 8.11. The van der Waals surface area contributed by atoms with Gasteiger partial charge in [-0.05, 0) is 48.7 Å². The van der Waals surface area contributed by atoms with Gasteiger partial charge in [0, 0.05) is 0 Å². The van der Waals surface area contributed by atoms with Crippen molar-refractivity contribution in [3.05, 3.63) is 72.3 Å². The van der Waals surface area contributed by atoms with Gasteiger partial charge in [0.15, 0.2) is 0 Å². The Morgan fingerprint density at radius 1 is 0.609 bits per heavy atom. The van der Waals surface area contributed by atoms with Crippen LogP contribution in [0.5, 0.6) is 0 Å². The first kappa shape index (κ1) is 11.9. The molecule has 1 aliphatic rings. The average Bonchev–Trinajstić information content (AvgIpc) is 3.44. The minimum Gasteiger partial charge on any atom is -0.368 e. The third kappa shape index (κ3) is 1.45. The molecule has 1 saturated heterocycles. The summed E-state index contributed by atoms with van der Waals surface area (Å²) in [5.74, 6) is 0.